The van der Waals surface area contributed by atoms with Crippen LogP contribution in [0.4, 0.5) is 5.69 Å². The maximum Gasteiger partial charge on any atom is 0.290 e. The molecule has 1 N–H and O–H groups in total. The molecule has 1 atom stereocenters. The van der Waals surface area contributed by atoms with Crippen LogP contribution in [-0.4, -0.2) is 43.3 Å². The van der Waals surface area contributed by atoms with Crippen molar-refractivity contribution in [1.29, 1.82) is 0 Å². The van der Waals surface area contributed by atoms with Crippen LogP contribution in [0.5, 0.6) is 0 Å². The number of hydrogen-bond acceptors (Lipinski definition) is 5. The number of sulfonamides is 1. The van der Waals surface area contributed by atoms with Gasteiger partial charge in [0.15, 0.2) is 4.90 Å². The first-order valence-electron chi connectivity index (χ1n) is 6.00. The lowest BCUT2D eigenvalue weighted by Crippen LogP contribution is -2.52. The average molecular weight is 356 g/mol. The Kier molecular flexibility index (Phi) is 5.94. The Balaban J connectivity index is 0.00000220. The highest BCUT2D eigenvalue weighted by molar-refractivity contribution is 7.89. The lowest BCUT2D eigenvalue weighted by Gasteiger charge is -2.32. The van der Waals surface area contributed by atoms with E-state index in [9.17, 15) is 18.5 Å². The summed E-state index contributed by atoms with van der Waals surface area (Å²) < 4.78 is 26.4. The van der Waals surface area contributed by atoms with E-state index in [0.29, 0.717) is 13.1 Å². The molecular weight excluding hydrogens is 341 g/mol. The van der Waals surface area contributed by atoms with Crippen molar-refractivity contribution in [3.05, 3.63) is 33.3 Å². The number of halogens is 2. The highest BCUT2D eigenvalue weighted by Crippen LogP contribution is 2.30. The maximum absolute atomic E-state index is 12.6. The molecule has 1 unspecified atom stereocenters. The van der Waals surface area contributed by atoms with E-state index in [0.717, 1.165) is 6.07 Å². The number of piperazine rings is 1. The SMILES string of the molecule is CC1CNCCN1S(=O)(=O)c1ccc(Cl)cc1[N+](=O)[O-].Cl. The molecule has 0 saturated carbocycles. The monoisotopic (exact) mass is 355 g/mol. The summed E-state index contributed by atoms with van der Waals surface area (Å²) in [6.07, 6.45) is 0. The zero-order valence-electron chi connectivity index (χ0n) is 11.2. The Morgan fingerprint density at radius 1 is 1.48 bits per heavy atom. The normalized spacial score (nSPS) is 19.8. The van der Waals surface area contributed by atoms with Crippen LogP contribution in [0.1, 0.15) is 6.92 Å². The van der Waals surface area contributed by atoms with Crippen molar-refractivity contribution in [2.24, 2.45) is 0 Å². The summed E-state index contributed by atoms with van der Waals surface area (Å²) in [5.74, 6) is 0. The van der Waals surface area contributed by atoms with Crippen LogP contribution < -0.4 is 5.32 Å². The van der Waals surface area contributed by atoms with E-state index >= 15 is 0 Å². The molecule has 0 aromatic heterocycles. The quantitative estimate of drug-likeness (QED) is 0.657. The minimum absolute atomic E-state index is 0. The smallest absolute Gasteiger partial charge is 0.290 e. The second-order valence-electron chi connectivity index (χ2n) is 4.54. The van der Waals surface area contributed by atoms with Crippen LogP contribution >= 0.6 is 24.0 Å². The Morgan fingerprint density at radius 2 is 2.14 bits per heavy atom. The molecule has 0 radical (unpaired) electrons. The third-order valence-electron chi connectivity index (χ3n) is 3.14. The van der Waals surface area contributed by atoms with Gasteiger partial charge in [0, 0.05) is 36.8 Å². The molecule has 1 aromatic carbocycles. The van der Waals surface area contributed by atoms with E-state index in [1.54, 1.807) is 6.92 Å². The van der Waals surface area contributed by atoms with Crippen molar-refractivity contribution in [2.45, 2.75) is 17.9 Å². The summed E-state index contributed by atoms with van der Waals surface area (Å²) >= 11 is 5.70. The number of rotatable bonds is 3. The fourth-order valence-electron chi connectivity index (χ4n) is 2.16. The molecule has 1 heterocycles. The van der Waals surface area contributed by atoms with Crippen molar-refractivity contribution in [1.82, 2.24) is 9.62 Å². The van der Waals surface area contributed by atoms with Crippen molar-refractivity contribution in [3.8, 4) is 0 Å². The zero-order chi connectivity index (χ0) is 14.9. The van der Waals surface area contributed by atoms with E-state index < -0.39 is 20.6 Å². The van der Waals surface area contributed by atoms with Gasteiger partial charge in [-0.25, -0.2) is 8.42 Å². The molecule has 1 saturated heterocycles. The standard InChI is InChI=1S/C11H14ClN3O4S.ClH/c1-8-7-13-4-5-14(8)20(18,19)11-3-2-9(12)6-10(11)15(16)17;/h2-3,6,8,13H,4-5,7H2,1H3;1H. The van der Waals surface area contributed by atoms with Gasteiger partial charge in [-0.1, -0.05) is 11.6 Å². The number of nitro benzene ring substituents is 1. The fourth-order valence-corrected chi connectivity index (χ4v) is 4.09. The number of hydrogen-bond donors (Lipinski definition) is 1. The number of benzene rings is 1. The maximum atomic E-state index is 12.6. The third-order valence-corrected chi connectivity index (χ3v) is 5.44. The zero-order valence-corrected chi connectivity index (χ0v) is 13.5. The molecule has 118 valence electrons. The largest absolute Gasteiger partial charge is 0.314 e. The first-order chi connectivity index (χ1) is 9.34. The molecule has 0 aliphatic carbocycles. The van der Waals surface area contributed by atoms with Gasteiger partial charge < -0.3 is 5.32 Å². The lowest BCUT2D eigenvalue weighted by molar-refractivity contribution is -0.387. The van der Waals surface area contributed by atoms with Crippen LogP contribution in [0.3, 0.4) is 0 Å². The van der Waals surface area contributed by atoms with Crippen LogP contribution in [-0.2, 0) is 10.0 Å². The molecule has 7 nitrogen and oxygen atoms in total. The Bertz CT molecular complexity index is 638. The highest BCUT2D eigenvalue weighted by Gasteiger charge is 2.35. The van der Waals surface area contributed by atoms with E-state index in [-0.39, 0.29) is 34.9 Å². The van der Waals surface area contributed by atoms with Gasteiger partial charge in [0.1, 0.15) is 0 Å². The topological polar surface area (TPSA) is 92.6 Å². The molecule has 0 bridgehead atoms. The van der Waals surface area contributed by atoms with Crippen molar-refractivity contribution >= 4 is 39.7 Å². The van der Waals surface area contributed by atoms with Crippen LogP contribution in [0.2, 0.25) is 5.02 Å². The number of nitrogens with zero attached hydrogens (tertiary/aromatic N) is 2. The second-order valence-corrected chi connectivity index (χ2v) is 6.83. The molecule has 0 spiro atoms. The molecule has 10 heteroatoms. The predicted molar refractivity (Wildman–Crippen MR) is 81.6 cm³/mol. The van der Waals surface area contributed by atoms with Crippen LogP contribution in [0, 0.1) is 10.1 Å². The van der Waals surface area contributed by atoms with Crippen molar-refractivity contribution in [3.63, 3.8) is 0 Å². The van der Waals surface area contributed by atoms with E-state index in [1.807, 2.05) is 0 Å². The van der Waals surface area contributed by atoms with Gasteiger partial charge in [-0.05, 0) is 19.1 Å². The number of nitrogens with one attached hydrogen (secondary N) is 1. The molecule has 21 heavy (non-hydrogen) atoms. The third kappa shape index (κ3) is 3.64. The summed E-state index contributed by atoms with van der Waals surface area (Å²) in [6, 6.07) is 3.32. The van der Waals surface area contributed by atoms with Crippen molar-refractivity contribution < 1.29 is 13.3 Å². The first kappa shape index (κ1) is 18.1. The summed E-state index contributed by atoms with van der Waals surface area (Å²) in [5.41, 5.74) is -0.497. The summed E-state index contributed by atoms with van der Waals surface area (Å²) in [6.45, 7) is 3.07. The van der Waals surface area contributed by atoms with E-state index in [4.69, 9.17) is 11.6 Å². The molecule has 1 fully saturated rings. The van der Waals surface area contributed by atoms with Gasteiger partial charge in [0.25, 0.3) is 5.69 Å². The summed E-state index contributed by atoms with van der Waals surface area (Å²) in [7, 11) is -3.91. The minimum atomic E-state index is -3.91. The van der Waals surface area contributed by atoms with E-state index in [1.165, 1.54) is 16.4 Å². The first-order valence-corrected chi connectivity index (χ1v) is 7.82. The van der Waals surface area contributed by atoms with Gasteiger partial charge in [-0.2, -0.15) is 4.31 Å². The molecule has 1 aliphatic heterocycles. The molecule has 2 rings (SSSR count). The molecular formula is C11H15Cl2N3O4S. The number of nitro groups is 1. The minimum Gasteiger partial charge on any atom is -0.314 e. The predicted octanol–water partition coefficient (Wildman–Crippen LogP) is 1.65. The molecule has 0 amide bonds. The molecule has 1 aromatic rings. The molecule has 1 aliphatic rings. The van der Waals surface area contributed by atoms with Gasteiger partial charge in [0.2, 0.25) is 10.0 Å². The van der Waals surface area contributed by atoms with Gasteiger partial charge in [0.05, 0.1) is 4.92 Å². The van der Waals surface area contributed by atoms with Crippen LogP contribution in [0.25, 0.3) is 0 Å². The summed E-state index contributed by atoms with van der Waals surface area (Å²) in [4.78, 5) is 9.99. The van der Waals surface area contributed by atoms with Gasteiger partial charge >= 0.3 is 0 Å². The van der Waals surface area contributed by atoms with Gasteiger partial charge in [-0.15, -0.1) is 12.4 Å². The van der Waals surface area contributed by atoms with Crippen molar-refractivity contribution in [2.75, 3.05) is 19.6 Å². The van der Waals surface area contributed by atoms with Crippen LogP contribution in [0.15, 0.2) is 23.1 Å². The Morgan fingerprint density at radius 3 is 2.71 bits per heavy atom. The van der Waals surface area contributed by atoms with E-state index in [2.05, 4.69) is 5.32 Å². The highest BCUT2D eigenvalue weighted by atomic mass is 35.5. The Labute approximate surface area is 133 Å². The summed E-state index contributed by atoms with van der Waals surface area (Å²) in [5, 5.41) is 14.2. The second kappa shape index (κ2) is 6.89. The lowest BCUT2D eigenvalue weighted by atomic mass is 10.3. The van der Waals surface area contributed by atoms with Gasteiger partial charge in [-0.3, -0.25) is 10.1 Å². The average Bonchev–Trinajstić information content (AvgIpc) is 2.38. The fraction of sp³-hybridized carbons (Fsp3) is 0.455. The Hall–Kier alpha value is -0.930.